The van der Waals surface area contributed by atoms with E-state index in [9.17, 15) is 4.79 Å². The predicted molar refractivity (Wildman–Crippen MR) is 73.5 cm³/mol. The third kappa shape index (κ3) is 2.81. The lowest BCUT2D eigenvalue weighted by atomic mass is 10.0. The molecule has 0 radical (unpaired) electrons. The van der Waals surface area contributed by atoms with Crippen molar-refractivity contribution in [2.45, 2.75) is 19.8 Å². The van der Waals surface area contributed by atoms with Gasteiger partial charge in [0.1, 0.15) is 0 Å². The van der Waals surface area contributed by atoms with E-state index in [0.29, 0.717) is 11.6 Å². The molecule has 0 saturated carbocycles. The van der Waals surface area contributed by atoms with Crippen molar-refractivity contribution in [3.05, 3.63) is 41.7 Å². The molecule has 2 rings (SSSR count). The lowest BCUT2D eigenvalue weighted by Gasteiger charge is -2.07. The topological polar surface area (TPSA) is 51.0 Å². The minimum absolute atomic E-state index is 0.148. The standard InChI is InChI=1S/C14H18N4O/c1-10(2)11-5-7-12(8-6-11)18-9-13(15-16-18)14(19)17(3)4/h5-10H,1-4H3. The molecule has 2 aromatic rings. The highest BCUT2D eigenvalue weighted by atomic mass is 16.2. The second-order valence-electron chi connectivity index (χ2n) is 4.99. The highest BCUT2D eigenvalue weighted by molar-refractivity contribution is 5.91. The summed E-state index contributed by atoms with van der Waals surface area (Å²) in [6.07, 6.45) is 1.65. The smallest absolute Gasteiger partial charge is 0.275 e. The predicted octanol–water partition coefficient (Wildman–Crippen LogP) is 2.09. The van der Waals surface area contributed by atoms with E-state index in [2.05, 4.69) is 36.3 Å². The van der Waals surface area contributed by atoms with Crippen LogP contribution in [0, 0.1) is 0 Å². The second kappa shape index (κ2) is 5.22. The Hall–Kier alpha value is -2.17. The van der Waals surface area contributed by atoms with Crippen molar-refractivity contribution < 1.29 is 4.79 Å². The van der Waals surface area contributed by atoms with E-state index in [1.54, 1.807) is 25.0 Å². The molecule has 0 aliphatic carbocycles. The first-order valence-electron chi connectivity index (χ1n) is 6.23. The Balaban J connectivity index is 2.25. The molecule has 5 heteroatoms. The number of benzene rings is 1. The van der Waals surface area contributed by atoms with Gasteiger partial charge in [0, 0.05) is 14.1 Å². The molecule has 0 aliphatic heterocycles. The van der Waals surface area contributed by atoms with Crippen LogP contribution in [0.2, 0.25) is 0 Å². The molecule has 0 fully saturated rings. The Morgan fingerprint density at radius 2 is 1.84 bits per heavy atom. The molecule has 0 atom stereocenters. The summed E-state index contributed by atoms with van der Waals surface area (Å²) >= 11 is 0. The number of amides is 1. The van der Waals surface area contributed by atoms with Crippen LogP contribution in [0.1, 0.15) is 35.8 Å². The van der Waals surface area contributed by atoms with E-state index in [0.717, 1.165) is 5.69 Å². The zero-order valence-electron chi connectivity index (χ0n) is 11.7. The van der Waals surface area contributed by atoms with Gasteiger partial charge in [-0.25, -0.2) is 4.68 Å². The lowest BCUT2D eigenvalue weighted by molar-refractivity contribution is 0.0822. The minimum atomic E-state index is -0.148. The molecule has 0 aliphatic rings. The average molecular weight is 258 g/mol. The number of aromatic nitrogens is 3. The van der Waals surface area contributed by atoms with Crippen LogP contribution in [-0.2, 0) is 0 Å². The molecule has 0 N–H and O–H groups in total. The molecule has 1 aromatic carbocycles. The molecular formula is C14H18N4O. The summed E-state index contributed by atoms with van der Waals surface area (Å²) in [5, 5.41) is 7.88. The molecule has 0 unspecified atom stereocenters. The lowest BCUT2D eigenvalue weighted by Crippen LogP contribution is -2.21. The van der Waals surface area contributed by atoms with Gasteiger partial charge < -0.3 is 4.90 Å². The Kier molecular flexibility index (Phi) is 3.64. The van der Waals surface area contributed by atoms with Gasteiger partial charge >= 0.3 is 0 Å². The number of carbonyl (C=O) groups is 1. The fraction of sp³-hybridized carbons (Fsp3) is 0.357. The summed E-state index contributed by atoms with van der Waals surface area (Å²) in [5.41, 5.74) is 2.51. The number of nitrogens with zero attached hydrogens (tertiary/aromatic N) is 4. The monoisotopic (exact) mass is 258 g/mol. The summed E-state index contributed by atoms with van der Waals surface area (Å²) in [4.78, 5) is 13.2. The molecule has 0 bridgehead atoms. The first kappa shape index (κ1) is 13.3. The van der Waals surface area contributed by atoms with Crippen molar-refractivity contribution in [3.8, 4) is 5.69 Å². The van der Waals surface area contributed by atoms with Crippen LogP contribution in [0.5, 0.6) is 0 Å². The quantitative estimate of drug-likeness (QED) is 0.847. The van der Waals surface area contributed by atoms with Crippen LogP contribution in [0.3, 0.4) is 0 Å². The Morgan fingerprint density at radius 1 is 1.21 bits per heavy atom. The Labute approximate surface area is 112 Å². The Bertz CT molecular complexity index is 569. The van der Waals surface area contributed by atoms with Crippen LogP contribution in [0.15, 0.2) is 30.5 Å². The third-order valence-electron chi connectivity index (χ3n) is 2.94. The molecule has 0 saturated heterocycles. The molecule has 0 spiro atoms. The molecule has 19 heavy (non-hydrogen) atoms. The zero-order chi connectivity index (χ0) is 14.0. The minimum Gasteiger partial charge on any atom is -0.343 e. The van der Waals surface area contributed by atoms with Crippen LogP contribution >= 0.6 is 0 Å². The zero-order valence-corrected chi connectivity index (χ0v) is 11.7. The first-order valence-corrected chi connectivity index (χ1v) is 6.23. The molecule has 100 valence electrons. The fourth-order valence-corrected chi connectivity index (χ4v) is 1.73. The van der Waals surface area contributed by atoms with Crippen molar-refractivity contribution in [2.75, 3.05) is 14.1 Å². The molecular weight excluding hydrogens is 240 g/mol. The van der Waals surface area contributed by atoms with E-state index in [1.165, 1.54) is 10.5 Å². The molecule has 5 nitrogen and oxygen atoms in total. The van der Waals surface area contributed by atoms with Crippen molar-refractivity contribution in [1.82, 2.24) is 19.9 Å². The summed E-state index contributed by atoms with van der Waals surface area (Å²) in [7, 11) is 3.39. The van der Waals surface area contributed by atoms with Crippen LogP contribution in [-0.4, -0.2) is 39.9 Å². The third-order valence-corrected chi connectivity index (χ3v) is 2.94. The van der Waals surface area contributed by atoms with Gasteiger partial charge in [0.15, 0.2) is 5.69 Å². The summed E-state index contributed by atoms with van der Waals surface area (Å²) in [6, 6.07) is 8.09. The summed E-state index contributed by atoms with van der Waals surface area (Å²) < 4.78 is 1.61. The molecule has 1 amide bonds. The fourth-order valence-electron chi connectivity index (χ4n) is 1.73. The van der Waals surface area contributed by atoms with Gasteiger partial charge in [-0.05, 0) is 23.6 Å². The van der Waals surface area contributed by atoms with Gasteiger partial charge in [0.2, 0.25) is 0 Å². The first-order chi connectivity index (χ1) is 8.99. The SMILES string of the molecule is CC(C)c1ccc(-n2cc(C(=O)N(C)C)nn2)cc1. The van der Waals surface area contributed by atoms with E-state index < -0.39 is 0 Å². The highest BCUT2D eigenvalue weighted by Crippen LogP contribution is 2.16. The second-order valence-corrected chi connectivity index (χ2v) is 4.99. The number of hydrogen-bond donors (Lipinski definition) is 0. The number of rotatable bonds is 3. The maximum Gasteiger partial charge on any atom is 0.275 e. The number of hydrogen-bond acceptors (Lipinski definition) is 3. The molecule has 1 heterocycles. The van der Waals surface area contributed by atoms with Gasteiger partial charge in [-0.2, -0.15) is 0 Å². The summed E-state index contributed by atoms with van der Waals surface area (Å²) in [5.74, 6) is 0.348. The van der Waals surface area contributed by atoms with Crippen molar-refractivity contribution in [3.63, 3.8) is 0 Å². The van der Waals surface area contributed by atoms with E-state index >= 15 is 0 Å². The van der Waals surface area contributed by atoms with Crippen molar-refractivity contribution in [2.24, 2.45) is 0 Å². The maximum absolute atomic E-state index is 11.7. The largest absolute Gasteiger partial charge is 0.343 e. The molecule has 1 aromatic heterocycles. The van der Waals surface area contributed by atoms with Gasteiger partial charge in [0.05, 0.1) is 11.9 Å². The van der Waals surface area contributed by atoms with E-state index in [1.807, 2.05) is 12.1 Å². The van der Waals surface area contributed by atoms with Crippen molar-refractivity contribution >= 4 is 5.91 Å². The number of carbonyl (C=O) groups excluding carboxylic acids is 1. The van der Waals surface area contributed by atoms with Crippen LogP contribution in [0.25, 0.3) is 5.69 Å². The van der Waals surface area contributed by atoms with E-state index in [-0.39, 0.29) is 5.91 Å². The van der Waals surface area contributed by atoms with Gasteiger partial charge in [0.25, 0.3) is 5.91 Å². The van der Waals surface area contributed by atoms with Gasteiger partial charge in [-0.1, -0.05) is 31.2 Å². The maximum atomic E-state index is 11.7. The normalized spacial score (nSPS) is 10.8. The van der Waals surface area contributed by atoms with Gasteiger partial charge in [-0.15, -0.1) is 5.10 Å². The van der Waals surface area contributed by atoms with Gasteiger partial charge in [-0.3, -0.25) is 4.79 Å². The highest BCUT2D eigenvalue weighted by Gasteiger charge is 2.13. The van der Waals surface area contributed by atoms with Crippen LogP contribution in [0.4, 0.5) is 0 Å². The van der Waals surface area contributed by atoms with Crippen LogP contribution < -0.4 is 0 Å². The van der Waals surface area contributed by atoms with Crippen molar-refractivity contribution in [1.29, 1.82) is 0 Å². The average Bonchev–Trinajstić information content (AvgIpc) is 2.87. The Morgan fingerprint density at radius 3 is 2.37 bits per heavy atom. The summed E-state index contributed by atoms with van der Waals surface area (Å²) in [6.45, 7) is 4.30. The van der Waals surface area contributed by atoms with E-state index in [4.69, 9.17) is 0 Å².